The van der Waals surface area contributed by atoms with Crippen LogP contribution in [0.5, 0.6) is 0 Å². The Morgan fingerprint density at radius 1 is 1.31 bits per heavy atom. The van der Waals surface area contributed by atoms with E-state index >= 15 is 0 Å². The van der Waals surface area contributed by atoms with Gasteiger partial charge in [0.1, 0.15) is 12.2 Å². The van der Waals surface area contributed by atoms with Gasteiger partial charge in [-0.3, -0.25) is 9.59 Å². The van der Waals surface area contributed by atoms with Crippen molar-refractivity contribution in [2.45, 2.75) is 38.0 Å². The van der Waals surface area contributed by atoms with Crippen LogP contribution in [0.25, 0.3) is 0 Å². The topological polar surface area (TPSA) is 62.6 Å². The van der Waals surface area contributed by atoms with Gasteiger partial charge >= 0.3 is 6.18 Å². The summed E-state index contributed by atoms with van der Waals surface area (Å²) in [6.07, 6.45) is -3.22. The van der Waals surface area contributed by atoms with E-state index in [2.05, 4.69) is 5.32 Å². The Bertz CT molecular complexity index is 771. The van der Waals surface area contributed by atoms with Crippen LogP contribution < -0.4 is 5.32 Å². The first kappa shape index (κ1) is 18.5. The summed E-state index contributed by atoms with van der Waals surface area (Å²) in [5, 5.41) is 2.72. The van der Waals surface area contributed by atoms with E-state index in [1.807, 2.05) is 0 Å². The number of amides is 2. The lowest BCUT2D eigenvalue weighted by molar-refractivity contribution is -0.162. The molecule has 5 nitrogen and oxygen atoms in total. The van der Waals surface area contributed by atoms with Crippen molar-refractivity contribution in [3.63, 3.8) is 0 Å². The van der Waals surface area contributed by atoms with Crippen molar-refractivity contribution in [1.82, 2.24) is 10.2 Å². The number of alkyl halides is 3. The van der Waals surface area contributed by atoms with Crippen LogP contribution in [-0.4, -0.2) is 29.4 Å². The average Bonchev–Trinajstić information content (AvgIpc) is 3.30. The number of nitrogens with one attached hydrogen (secondary N) is 1. The summed E-state index contributed by atoms with van der Waals surface area (Å²) in [6, 6.07) is 6.39. The summed E-state index contributed by atoms with van der Waals surface area (Å²) in [6.45, 7) is 0.552. The molecule has 2 aromatic rings. The van der Waals surface area contributed by atoms with E-state index in [-0.39, 0.29) is 12.5 Å². The predicted molar refractivity (Wildman–Crippen MR) is 88.6 cm³/mol. The van der Waals surface area contributed by atoms with Gasteiger partial charge < -0.3 is 14.6 Å². The molecule has 140 valence electrons. The van der Waals surface area contributed by atoms with Crippen molar-refractivity contribution in [3.8, 4) is 0 Å². The highest BCUT2D eigenvalue weighted by Gasteiger charge is 2.38. The number of carbonyl (C=O) groups excluding carboxylic acids is 2. The molecular weight excluding hydrogens is 369 g/mol. The number of likely N-dealkylation sites (tertiary alicyclic amines) is 1. The third-order valence-electron chi connectivity index (χ3n) is 4.11. The molecule has 1 unspecified atom stereocenters. The lowest BCUT2D eigenvalue weighted by Gasteiger charge is -2.24. The molecular formula is C17H17F3N2O3S. The normalized spacial score (nSPS) is 17.5. The number of carbonyl (C=O) groups is 2. The van der Waals surface area contributed by atoms with Crippen LogP contribution >= 0.6 is 11.3 Å². The summed E-state index contributed by atoms with van der Waals surface area (Å²) < 4.78 is 42.6. The molecule has 1 N–H and O–H groups in total. The maximum atomic E-state index is 12.5. The molecule has 26 heavy (non-hydrogen) atoms. The van der Waals surface area contributed by atoms with Crippen LogP contribution in [0.15, 0.2) is 34.9 Å². The van der Waals surface area contributed by atoms with Crippen molar-refractivity contribution >= 4 is 23.2 Å². The van der Waals surface area contributed by atoms with E-state index in [4.69, 9.17) is 4.42 Å². The third-order valence-corrected chi connectivity index (χ3v) is 5.29. The third kappa shape index (κ3) is 4.46. The predicted octanol–water partition coefficient (Wildman–Crippen LogP) is 3.89. The van der Waals surface area contributed by atoms with Gasteiger partial charge in [-0.25, -0.2) is 0 Å². The van der Waals surface area contributed by atoms with Gasteiger partial charge in [-0.05, 0) is 37.1 Å². The van der Waals surface area contributed by atoms with E-state index in [9.17, 15) is 22.8 Å². The molecule has 2 amide bonds. The van der Waals surface area contributed by atoms with Crippen LogP contribution in [0.2, 0.25) is 0 Å². The van der Waals surface area contributed by atoms with Gasteiger partial charge in [0.05, 0.1) is 23.7 Å². The second-order valence-electron chi connectivity index (χ2n) is 6.00. The minimum Gasteiger partial charge on any atom is -0.467 e. The van der Waals surface area contributed by atoms with Gasteiger partial charge in [-0.15, -0.1) is 11.3 Å². The minimum absolute atomic E-state index is 0.249. The number of furan rings is 1. The smallest absolute Gasteiger partial charge is 0.397 e. The molecule has 9 heteroatoms. The fourth-order valence-corrected chi connectivity index (χ4v) is 4.03. The van der Waals surface area contributed by atoms with Crippen molar-refractivity contribution in [2.75, 3.05) is 6.54 Å². The van der Waals surface area contributed by atoms with Crippen molar-refractivity contribution in [1.29, 1.82) is 0 Å². The number of hydrogen-bond acceptors (Lipinski definition) is 4. The monoisotopic (exact) mass is 386 g/mol. The molecule has 1 atom stereocenters. The summed E-state index contributed by atoms with van der Waals surface area (Å²) in [4.78, 5) is 26.6. The fraction of sp³-hybridized carbons (Fsp3) is 0.412. The lowest BCUT2D eigenvalue weighted by Crippen LogP contribution is -2.33. The molecule has 1 fully saturated rings. The molecule has 0 radical (unpaired) electrons. The Labute approximate surface area is 151 Å². The standard InChI is InChI=1S/C17H17F3N2O3S/c18-17(19,20)9-15(23)22-7-1-4-12(22)13-5-6-14(26-13)16(24)21-10-11-3-2-8-25-11/h2-3,5-6,8,12H,1,4,7,9-10H2,(H,21,24). The molecule has 0 bridgehead atoms. The highest BCUT2D eigenvalue weighted by molar-refractivity contribution is 7.14. The molecule has 0 spiro atoms. The first-order valence-electron chi connectivity index (χ1n) is 8.10. The van der Waals surface area contributed by atoms with Crippen molar-refractivity contribution in [3.05, 3.63) is 46.0 Å². The second kappa shape index (κ2) is 7.53. The molecule has 1 saturated heterocycles. The number of thiophene rings is 1. The van der Waals surface area contributed by atoms with Gasteiger partial charge in [0.25, 0.3) is 5.91 Å². The van der Waals surface area contributed by atoms with Crippen LogP contribution in [-0.2, 0) is 11.3 Å². The van der Waals surface area contributed by atoms with Gasteiger partial charge in [0.15, 0.2) is 0 Å². The van der Waals surface area contributed by atoms with Gasteiger partial charge in [0.2, 0.25) is 5.91 Å². The lowest BCUT2D eigenvalue weighted by atomic mass is 10.2. The molecule has 1 aliphatic rings. The van der Waals surface area contributed by atoms with Crippen molar-refractivity contribution < 1.29 is 27.2 Å². The summed E-state index contributed by atoms with van der Waals surface area (Å²) in [5.41, 5.74) is 0. The van der Waals surface area contributed by atoms with Crippen LogP contribution in [0, 0.1) is 0 Å². The van der Waals surface area contributed by atoms with E-state index in [1.54, 1.807) is 24.3 Å². The average molecular weight is 386 g/mol. The number of hydrogen-bond donors (Lipinski definition) is 1. The fourth-order valence-electron chi connectivity index (χ4n) is 2.96. The summed E-state index contributed by atoms with van der Waals surface area (Å²) in [5.74, 6) is -0.587. The summed E-state index contributed by atoms with van der Waals surface area (Å²) >= 11 is 1.20. The number of nitrogens with zero attached hydrogens (tertiary/aromatic N) is 1. The van der Waals surface area contributed by atoms with Crippen molar-refractivity contribution in [2.24, 2.45) is 0 Å². The van der Waals surface area contributed by atoms with Crippen LogP contribution in [0.1, 0.15) is 45.6 Å². The molecule has 0 aromatic carbocycles. The first-order valence-corrected chi connectivity index (χ1v) is 8.91. The molecule has 0 saturated carbocycles. The zero-order chi connectivity index (χ0) is 18.7. The minimum atomic E-state index is -4.52. The van der Waals surface area contributed by atoms with Crippen LogP contribution in [0.4, 0.5) is 13.2 Å². The largest absolute Gasteiger partial charge is 0.467 e. The van der Waals surface area contributed by atoms with Crippen LogP contribution in [0.3, 0.4) is 0 Å². The number of halogens is 3. The first-order chi connectivity index (χ1) is 12.3. The summed E-state index contributed by atoms with van der Waals surface area (Å²) in [7, 11) is 0. The molecule has 1 aliphatic heterocycles. The molecule has 2 aromatic heterocycles. The van der Waals surface area contributed by atoms with E-state index in [1.165, 1.54) is 22.5 Å². The maximum absolute atomic E-state index is 12.5. The van der Waals surface area contributed by atoms with Gasteiger partial charge in [-0.2, -0.15) is 13.2 Å². The second-order valence-corrected chi connectivity index (χ2v) is 7.12. The van der Waals surface area contributed by atoms with E-state index in [0.717, 1.165) is 4.88 Å². The Balaban J connectivity index is 1.64. The highest BCUT2D eigenvalue weighted by Crippen LogP contribution is 2.37. The zero-order valence-corrected chi connectivity index (χ0v) is 14.5. The Morgan fingerprint density at radius 3 is 2.81 bits per heavy atom. The molecule has 0 aliphatic carbocycles. The highest BCUT2D eigenvalue weighted by atomic mass is 32.1. The number of rotatable bonds is 5. The Hall–Kier alpha value is -2.29. The molecule has 3 heterocycles. The van der Waals surface area contributed by atoms with Gasteiger partial charge in [0, 0.05) is 11.4 Å². The zero-order valence-electron chi connectivity index (χ0n) is 13.7. The SMILES string of the molecule is O=C(NCc1ccco1)c1ccc(C2CCCN2C(=O)CC(F)(F)F)s1. The quantitative estimate of drug-likeness (QED) is 0.848. The maximum Gasteiger partial charge on any atom is 0.397 e. The van der Waals surface area contributed by atoms with Gasteiger partial charge in [-0.1, -0.05) is 0 Å². The molecule has 3 rings (SSSR count). The Kier molecular flexibility index (Phi) is 5.36. The Morgan fingerprint density at radius 2 is 2.12 bits per heavy atom. The van der Waals surface area contributed by atoms with E-state index in [0.29, 0.717) is 30.0 Å². The van der Waals surface area contributed by atoms with E-state index < -0.39 is 24.5 Å².